The second kappa shape index (κ2) is 13.8. The van der Waals surface area contributed by atoms with Crippen LogP contribution in [0.25, 0.3) is 10.9 Å². The van der Waals surface area contributed by atoms with Gasteiger partial charge in [-0.15, -0.1) is 0 Å². The van der Waals surface area contributed by atoms with Crippen LogP contribution in [0.1, 0.15) is 50.7 Å². The van der Waals surface area contributed by atoms with Crippen molar-refractivity contribution in [3.8, 4) is 0 Å². The molecule has 0 radical (unpaired) electrons. The van der Waals surface area contributed by atoms with Crippen LogP contribution in [0.3, 0.4) is 0 Å². The molecule has 7 nitrogen and oxygen atoms in total. The number of aromatic amines is 1. The van der Waals surface area contributed by atoms with Gasteiger partial charge in [-0.3, -0.25) is 14.9 Å². The number of aromatic nitrogens is 1. The molecule has 1 fully saturated rings. The highest BCUT2D eigenvalue weighted by molar-refractivity contribution is 5.89. The molecule has 2 amide bonds. The topological polar surface area (TPSA) is 89.3 Å². The van der Waals surface area contributed by atoms with Gasteiger partial charge in [0.15, 0.2) is 0 Å². The lowest BCUT2D eigenvalue weighted by Gasteiger charge is -2.42. The number of para-hydroxylation sites is 1. The van der Waals surface area contributed by atoms with Gasteiger partial charge in [-0.2, -0.15) is 0 Å². The Balaban J connectivity index is 1.37. The van der Waals surface area contributed by atoms with E-state index in [0.29, 0.717) is 38.3 Å². The zero-order valence-electron chi connectivity index (χ0n) is 23.8. The van der Waals surface area contributed by atoms with Crippen LogP contribution in [0.5, 0.6) is 0 Å². The second-order valence-corrected chi connectivity index (χ2v) is 11.5. The number of aryl methyl sites for hydroxylation is 1. The van der Waals surface area contributed by atoms with Gasteiger partial charge >= 0.3 is 0 Å². The molecule has 2 heterocycles. The van der Waals surface area contributed by atoms with Crippen molar-refractivity contribution in [1.82, 2.24) is 25.8 Å². The van der Waals surface area contributed by atoms with Crippen molar-refractivity contribution in [3.05, 3.63) is 71.9 Å². The van der Waals surface area contributed by atoms with Crippen molar-refractivity contribution in [2.24, 2.45) is 5.92 Å². The number of nitrogens with zero attached hydrogens (tertiary/aromatic N) is 1. The molecular formula is C32H45N5O2. The molecule has 0 bridgehead atoms. The Hall–Kier alpha value is -3.16. The third-order valence-corrected chi connectivity index (χ3v) is 7.89. The van der Waals surface area contributed by atoms with Crippen LogP contribution >= 0.6 is 0 Å². The Morgan fingerprint density at radius 3 is 2.41 bits per heavy atom. The fourth-order valence-corrected chi connectivity index (χ4v) is 5.56. The van der Waals surface area contributed by atoms with Crippen LogP contribution in [0.4, 0.5) is 0 Å². The van der Waals surface area contributed by atoms with E-state index in [1.54, 1.807) is 0 Å². The van der Waals surface area contributed by atoms with Gasteiger partial charge in [0.25, 0.3) is 0 Å². The summed E-state index contributed by atoms with van der Waals surface area (Å²) in [6.07, 6.45) is 6.64. The zero-order valence-corrected chi connectivity index (χ0v) is 23.8. The number of carbonyl (C=O) groups is 2. The lowest BCUT2D eigenvalue weighted by atomic mass is 9.84. The van der Waals surface area contributed by atoms with Crippen LogP contribution in [-0.2, 0) is 22.4 Å². The Morgan fingerprint density at radius 2 is 1.67 bits per heavy atom. The zero-order chi connectivity index (χ0) is 27.7. The molecule has 0 saturated carbocycles. The molecule has 2 aromatic carbocycles. The van der Waals surface area contributed by atoms with Crippen molar-refractivity contribution < 1.29 is 9.59 Å². The minimum atomic E-state index is -0.756. The molecule has 0 spiro atoms. The van der Waals surface area contributed by atoms with Crippen LogP contribution in [0.15, 0.2) is 60.8 Å². The van der Waals surface area contributed by atoms with Gasteiger partial charge in [-0.1, -0.05) is 62.4 Å². The molecule has 1 saturated heterocycles. The van der Waals surface area contributed by atoms with Gasteiger partial charge < -0.3 is 20.5 Å². The summed E-state index contributed by atoms with van der Waals surface area (Å²) in [5.41, 5.74) is 2.83. The normalized spacial score (nSPS) is 16.3. The van der Waals surface area contributed by atoms with Crippen molar-refractivity contribution in [3.63, 3.8) is 0 Å². The largest absolute Gasteiger partial charge is 0.361 e. The number of amides is 2. The molecule has 7 heteroatoms. The highest BCUT2D eigenvalue weighted by atomic mass is 16.2. The van der Waals surface area contributed by atoms with E-state index in [1.165, 1.54) is 16.5 Å². The summed E-state index contributed by atoms with van der Waals surface area (Å²) in [6.45, 7) is 7.06. The third kappa shape index (κ3) is 7.93. The standard InChI is InChI=1S/C32H45N5O2/c1-24(2)22-29(30(38)33-18-9-12-25-10-5-4-6-11-25)36-32(16-20-37(3)21-17-32)31(39)34-19-15-26-23-35-28-14-8-7-13-27(26)28/h4-8,10-11,13-14,23-24,29,35-36H,9,12,15-22H2,1-3H3,(H,33,38)(H,34,39)/t29-/m0/s1. The lowest BCUT2D eigenvalue weighted by molar-refractivity contribution is -0.132. The molecule has 1 aromatic heterocycles. The maximum Gasteiger partial charge on any atom is 0.240 e. The SMILES string of the molecule is CC(C)C[C@H](NC1(C(=O)NCCc2c[nH]c3ccccc23)CCN(C)CC1)C(=O)NCCCc1ccccc1. The smallest absolute Gasteiger partial charge is 0.240 e. The van der Waals surface area contributed by atoms with Crippen LogP contribution in [0.2, 0.25) is 0 Å². The number of hydrogen-bond acceptors (Lipinski definition) is 4. The molecule has 1 aliphatic heterocycles. The number of nitrogens with one attached hydrogen (secondary N) is 4. The first-order valence-electron chi connectivity index (χ1n) is 14.5. The quantitative estimate of drug-likeness (QED) is 0.251. The molecule has 210 valence electrons. The maximum atomic E-state index is 13.7. The average molecular weight is 532 g/mol. The number of piperidine rings is 1. The van der Waals surface area contributed by atoms with Crippen molar-refractivity contribution in [2.45, 2.75) is 64.0 Å². The van der Waals surface area contributed by atoms with E-state index in [9.17, 15) is 9.59 Å². The molecule has 3 aromatic rings. The number of likely N-dealkylation sites (tertiary alicyclic amines) is 1. The highest BCUT2D eigenvalue weighted by Gasteiger charge is 2.43. The molecule has 0 aliphatic carbocycles. The van der Waals surface area contributed by atoms with Crippen LogP contribution in [0, 0.1) is 5.92 Å². The Labute approximate surface area is 233 Å². The summed E-state index contributed by atoms with van der Waals surface area (Å²) in [7, 11) is 2.09. The summed E-state index contributed by atoms with van der Waals surface area (Å²) in [5, 5.41) is 11.1. The van der Waals surface area contributed by atoms with Gasteiger partial charge in [0, 0.05) is 43.3 Å². The van der Waals surface area contributed by atoms with Crippen LogP contribution in [-0.4, -0.2) is 66.5 Å². The second-order valence-electron chi connectivity index (χ2n) is 11.5. The van der Waals surface area contributed by atoms with Crippen molar-refractivity contribution in [2.75, 3.05) is 33.2 Å². The molecule has 4 N–H and O–H groups in total. The number of H-pyrrole nitrogens is 1. The van der Waals surface area contributed by atoms with Gasteiger partial charge in [0.1, 0.15) is 5.54 Å². The predicted octanol–water partition coefficient (Wildman–Crippen LogP) is 4.04. The number of rotatable bonds is 13. The fraction of sp³-hybridized carbons (Fsp3) is 0.500. The molecule has 1 aliphatic rings. The minimum Gasteiger partial charge on any atom is -0.361 e. The summed E-state index contributed by atoms with van der Waals surface area (Å²) < 4.78 is 0. The maximum absolute atomic E-state index is 13.7. The summed E-state index contributed by atoms with van der Waals surface area (Å²) >= 11 is 0. The molecule has 39 heavy (non-hydrogen) atoms. The average Bonchev–Trinajstić information content (AvgIpc) is 3.35. The summed E-state index contributed by atoms with van der Waals surface area (Å²) in [6, 6.07) is 18.2. The van der Waals surface area contributed by atoms with Gasteiger partial charge in [-0.05, 0) is 68.7 Å². The summed E-state index contributed by atoms with van der Waals surface area (Å²) in [5.74, 6) is 0.313. The highest BCUT2D eigenvalue weighted by Crippen LogP contribution is 2.25. The Morgan fingerprint density at radius 1 is 0.949 bits per heavy atom. The number of benzene rings is 2. The van der Waals surface area contributed by atoms with E-state index < -0.39 is 11.6 Å². The minimum absolute atomic E-state index is 0.000995. The first-order chi connectivity index (χ1) is 18.9. The van der Waals surface area contributed by atoms with Gasteiger partial charge in [-0.25, -0.2) is 0 Å². The van der Waals surface area contributed by atoms with Crippen molar-refractivity contribution in [1.29, 1.82) is 0 Å². The van der Waals surface area contributed by atoms with E-state index in [-0.39, 0.29) is 11.8 Å². The van der Waals surface area contributed by atoms with Gasteiger partial charge in [0.2, 0.25) is 11.8 Å². The lowest BCUT2D eigenvalue weighted by Crippen LogP contribution is -2.66. The molecule has 4 rings (SSSR count). The third-order valence-electron chi connectivity index (χ3n) is 7.89. The Kier molecular flexibility index (Phi) is 10.2. The van der Waals surface area contributed by atoms with Crippen LogP contribution < -0.4 is 16.0 Å². The number of fused-ring (bicyclic) bond motifs is 1. The van der Waals surface area contributed by atoms with Gasteiger partial charge in [0.05, 0.1) is 6.04 Å². The van der Waals surface area contributed by atoms with Crippen molar-refractivity contribution >= 4 is 22.7 Å². The van der Waals surface area contributed by atoms with E-state index in [1.807, 2.05) is 36.5 Å². The molecular weight excluding hydrogens is 486 g/mol. The molecule has 1 atom stereocenters. The summed E-state index contributed by atoms with van der Waals surface area (Å²) in [4.78, 5) is 32.7. The van der Waals surface area contributed by atoms with E-state index >= 15 is 0 Å². The first-order valence-corrected chi connectivity index (χ1v) is 14.5. The Bertz CT molecular complexity index is 1200. The number of carbonyl (C=O) groups excluding carboxylic acids is 2. The van der Waals surface area contributed by atoms with E-state index in [0.717, 1.165) is 37.9 Å². The fourth-order valence-electron chi connectivity index (χ4n) is 5.56. The number of hydrogen-bond donors (Lipinski definition) is 4. The predicted molar refractivity (Wildman–Crippen MR) is 159 cm³/mol. The van der Waals surface area contributed by atoms with E-state index in [4.69, 9.17) is 0 Å². The first kappa shape index (κ1) is 28.8. The monoisotopic (exact) mass is 531 g/mol. The molecule has 0 unspecified atom stereocenters. The van der Waals surface area contributed by atoms with E-state index in [2.05, 4.69) is 71.0 Å².